The summed E-state index contributed by atoms with van der Waals surface area (Å²) in [4.78, 5) is 28.8. The average molecular weight is 556 g/mol. The van der Waals surface area contributed by atoms with E-state index in [1.165, 1.54) is 16.2 Å². The third-order valence-corrected chi connectivity index (χ3v) is 6.96. The zero-order chi connectivity index (χ0) is 24.9. The summed E-state index contributed by atoms with van der Waals surface area (Å²) >= 11 is 4.69. The van der Waals surface area contributed by atoms with Gasteiger partial charge < -0.3 is 13.9 Å². The molecule has 8 nitrogen and oxygen atoms in total. The highest BCUT2D eigenvalue weighted by Gasteiger charge is 2.45. The van der Waals surface area contributed by atoms with Gasteiger partial charge in [0.15, 0.2) is 16.9 Å². The minimum absolute atomic E-state index is 0.00165. The lowest BCUT2D eigenvalue weighted by atomic mass is 9.98. The summed E-state index contributed by atoms with van der Waals surface area (Å²) in [6.07, 6.45) is 0. The number of hydrogen-bond donors (Lipinski definition) is 0. The van der Waals surface area contributed by atoms with E-state index >= 15 is 0 Å². The van der Waals surface area contributed by atoms with Gasteiger partial charge in [-0.25, -0.2) is 0 Å². The van der Waals surface area contributed by atoms with Crippen LogP contribution in [0.2, 0.25) is 0 Å². The van der Waals surface area contributed by atoms with Crippen molar-refractivity contribution in [1.29, 1.82) is 0 Å². The first-order valence-electron chi connectivity index (χ1n) is 11.0. The zero-order valence-corrected chi connectivity index (χ0v) is 21.9. The molecular formula is C25H22BrN3O5S. The van der Waals surface area contributed by atoms with Crippen LogP contribution < -0.4 is 19.8 Å². The summed E-state index contributed by atoms with van der Waals surface area (Å²) < 4.78 is 18.2. The van der Waals surface area contributed by atoms with Gasteiger partial charge in [-0.3, -0.25) is 14.5 Å². The molecular weight excluding hydrogens is 534 g/mol. The largest absolute Gasteiger partial charge is 0.493 e. The fourth-order valence-corrected chi connectivity index (χ4v) is 5.15. The molecule has 2 aromatic heterocycles. The maximum Gasteiger partial charge on any atom is 0.297 e. The van der Waals surface area contributed by atoms with E-state index in [4.69, 9.17) is 13.9 Å². The Morgan fingerprint density at radius 3 is 2.63 bits per heavy atom. The van der Waals surface area contributed by atoms with Crippen molar-refractivity contribution in [1.82, 2.24) is 10.2 Å². The molecule has 1 atom stereocenters. The van der Waals surface area contributed by atoms with Crippen LogP contribution in [0.3, 0.4) is 0 Å². The van der Waals surface area contributed by atoms with Gasteiger partial charge in [-0.2, -0.15) is 0 Å². The van der Waals surface area contributed by atoms with Gasteiger partial charge in [0.2, 0.25) is 10.9 Å². The van der Waals surface area contributed by atoms with E-state index in [9.17, 15) is 9.59 Å². The van der Waals surface area contributed by atoms with E-state index in [1.807, 2.05) is 13.0 Å². The number of fused-ring (bicyclic) bond motifs is 2. The first kappa shape index (κ1) is 23.5. The summed E-state index contributed by atoms with van der Waals surface area (Å²) in [6, 6.07) is 9.78. The molecule has 1 unspecified atom stereocenters. The molecule has 0 saturated heterocycles. The first-order chi connectivity index (χ1) is 16.8. The number of benzene rings is 2. The molecule has 5 rings (SSSR count). The molecule has 180 valence electrons. The molecule has 1 amide bonds. The fourth-order valence-electron chi connectivity index (χ4n) is 4.07. The lowest BCUT2D eigenvalue weighted by molar-refractivity contribution is 0.0970. The molecule has 2 aromatic carbocycles. The highest BCUT2D eigenvalue weighted by Crippen LogP contribution is 2.44. The van der Waals surface area contributed by atoms with E-state index in [-0.39, 0.29) is 16.8 Å². The van der Waals surface area contributed by atoms with Crippen LogP contribution in [-0.4, -0.2) is 29.8 Å². The van der Waals surface area contributed by atoms with Crippen molar-refractivity contribution in [3.8, 4) is 11.5 Å². The van der Waals surface area contributed by atoms with E-state index in [1.54, 1.807) is 37.4 Å². The standard InChI is InChI=1S/C25H22BrN3O5S/c1-12(2)11-33-18-7-5-14(9-19(18)32-4)21-20-22(30)16-10-15(26)6-8-17(16)34-23(20)24(31)29(21)25-28-27-13(3)35-25/h5-10,12,21H,11H2,1-4H3. The van der Waals surface area contributed by atoms with Crippen LogP contribution in [0.15, 0.2) is 50.1 Å². The third kappa shape index (κ3) is 4.10. The number of rotatable bonds is 6. The number of halogens is 1. The SMILES string of the molecule is COc1cc(C2c3c(oc4ccc(Br)cc4c3=O)C(=O)N2c2nnc(C)s2)ccc1OCC(C)C. The second kappa shape index (κ2) is 9.09. The molecule has 0 aliphatic carbocycles. The molecule has 0 spiro atoms. The van der Waals surface area contributed by atoms with Gasteiger partial charge >= 0.3 is 0 Å². The monoisotopic (exact) mass is 555 g/mol. The number of carbonyl (C=O) groups excluding carboxylic acids is 1. The molecule has 0 bridgehead atoms. The van der Waals surface area contributed by atoms with Crippen molar-refractivity contribution in [2.45, 2.75) is 26.8 Å². The van der Waals surface area contributed by atoms with Crippen LogP contribution >= 0.6 is 27.3 Å². The Hall–Kier alpha value is -3.24. The lowest BCUT2D eigenvalue weighted by Gasteiger charge is -2.23. The number of nitrogens with zero attached hydrogens (tertiary/aromatic N) is 3. The van der Waals surface area contributed by atoms with Gasteiger partial charge in [-0.05, 0) is 48.7 Å². The Bertz CT molecular complexity index is 1510. The Morgan fingerprint density at radius 2 is 1.94 bits per heavy atom. The second-order valence-corrected chi connectivity index (χ2v) is 10.7. The molecule has 10 heteroatoms. The highest BCUT2D eigenvalue weighted by atomic mass is 79.9. The minimum Gasteiger partial charge on any atom is -0.493 e. The maximum absolute atomic E-state index is 13.7. The Morgan fingerprint density at radius 1 is 1.14 bits per heavy atom. The van der Waals surface area contributed by atoms with Crippen LogP contribution in [0.4, 0.5) is 5.13 Å². The molecule has 35 heavy (non-hydrogen) atoms. The molecule has 0 fully saturated rings. The third-order valence-electron chi connectivity index (χ3n) is 5.63. The van der Waals surface area contributed by atoms with E-state index < -0.39 is 11.9 Å². The van der Waals surface area contributed by atoms with Gasteiger partial charge in [0.25, 0.3) is 5.91 Å². The summed E-state index contributed by atoms with van der Waals surface area (Å²) in [5.41, 5.74) is 0.991. The molecule has 4 aromatic rings. The fraction of sp³-hybridized carbons (Fsp3) is 0.280. The average Bonchev–Trinajstić information content (AvgIpc) is 3.39. The Balaban J connectivity index is 1.72. The van der Waals surface area contributed by atoms with Crippen LogP contribution in [0, 0.1) is 12.8 Å². The highest BCUT2D eigenvalue weighted by molar-refractivity contribution is 9.10. The smallest absolute Gasteiger partial charge is 0.297 e. The van der Waals surface area contributed by atoms with Gasteiger partial charge in [-0.1, -0.05) is 47.2 Å². The number of aromatic nitrogens is 2. The van der Waals surface area contributed by atoms with Crippen molar-refractivity contribution >= 4 is 49.3 Å². The summed E-state index contributed by atoms with van der Waals surface area (Å²) in [5, 5.41) is 9.74. The number of ether oxygens (including phenoxy) is 2. The molecule has 0 N–H and O–H groups in total. The number of hydrogen-bond acceptors (Lipinski definition) is 8. The van der Waals surface area contributed by atoms with Crippen molar-refractivity contribution in [3.05, 3.63) is 73.0 Å². The normalized spacial score (nSPS) is 15.2. The van der Waals surface area contributed by atoms with Crippen molar-refractivity contribution in [3.63, 3.8) is 0 Å². The molecule has 0 saturated carbocycles. The quantitative estimate of drug-likeness (QED) is 0.309. The van der Waals surface area contributed by atoms with Crippen LogP contribution in [0.25, 0.3) is 11.0 Å². The van der Waals surface area contributed by atoms with Gasteiger partial charge in [0.05, 0.1) is 30.7 Å². The summed E-state index contributed by atoms with van der Waals surface area (Å²) in [7, 11) is 1.56. The molecule has 0 radical (unpaired) electrons. The minimum atomic E-state index is -0.766. The van der Waals surface area contributed by atoms with Crippen LogP contribution in [-0.2, 0) is 0 Å². The van der Waals surface area contributed by atoms with Crippen molar-refractivity contribution in [2.75, 3.05) is 18.6 Å². The molecule has 3 heterocycles. The van der Waals surface area contributed by atoms with Crippen molar-refractivity contribution in [2.24, 2.45) is 5.92 Å². The number of anilines is 1. The van der Waals surface area contributed by atoms with Crippen LogP contribution in [0.1, 0.15) is 46.6 Å². The summed E-state index contributed by atoms with van der Waals surface area (Å²) in [6.45, 7) is 6.46. The predicted octanol–water partition coefficient (Wildman–Crippen LogP) is 5.51. The van der Waals surface area contributed by atoms with Gasteiger partial charge in [0.1, 0.15) is 10.6 Å². The van der Waals surface area contributed by atoms with E-state index in [0.29, 0.717) is 50.7 Å². The topological polar surface area (TPSA) is 94.8 Å². The van der Waals surface area contributed by atoms with Crippen LogP contribution in [0.5, 0.6) is 11.5 Å². The summed E-state index contributed by atoms with van der Waals surface area (Å²) in [5.74, 6) is 0.990. The van der Waals surface area contributed by atoms with E-state index in [2.05, 4.69) is 40.0 Å². The molecule has 1 aliphatic rings. The number of amides is 1. The molecule has 1 aliphatic heterocycles. The lowest BCUT2D eigenvalue weighted by Crippen LogP contribution is -2.29. The number of carbonyl (C=O) groups is 1. The Labute approximate surface area is 213 Å². The van der Waals surface area contributed by atoms with Crippen molar-refractivity contribution < 1.29 is 18.7 Å². The predicted molar refractivity (Wildman–Crippen MR) is 137 cm³/mol. The number of methoxy groups -OCH3 is 1. The van der Waals surface area contributed by atoms with Gasteiger partial charge in [-0.15, -0.1) is 10.2 Å². The first-order valence-corrected chi connectivity index (χ1v) is 12.6. The second-order valence-electron chi connectivity index (χ2n) is 8.61. The van der Waals surface area contributed by atoms with E-state index in [0.717, 1.165) is 4.47 Å². The maximum atomic E-state index is 13.7. The number of aryl methyl sites for hydroxylation is 1. The zero-order valence-electron chi connectivity index (χ0n) is 19.5. The van der Waals surface area contributed by atoms with Gasteiger partial charge in [0, 0.05) is 4.47 Å². The Kier molecular flexibility index (Phi) is 6.10.